The second-order valence-corrected chi connectivity index (χ2v) is 5.59. The maximum atomic E-state index is 12.3. The van der Waals surface area contributed by atoms with Crippen LogP contribution in [0, 0.1) is 0 Å². The fraction of sp³-hybridized carbons (Fsp3) is 0.412. The van der Waals surface area contributed by atoms with Crippen molar-refractivity contribution in [3.05, 3.63) is 35.9 Å². The first kappa shape index (κ1) is 15.6. The molecule has 1 fully saturated rings. The van der Waals surface area contributed by atoms with E-state index in [1.807, 2.05) is 35.2 Å². The molecule has 0 radical (unpaired) electrons. The van der Waals surface area contributed by atoms with Crippen LogP contribution >= 0.6 is 0 Å². The van der Waals surface area contributed by atoms with Gasteiger partial charge in [0.05, 0.1) is 25.3 Å². The summed E-state index contributed by atoms with van der Waals surface area (Å²) in [5.74, 6) is 0.550. The Hall–Kier alpha value is -2.34. The Morgan fingerprint density at radius 3 is 2.91 bits per heavy atom. The van der Waals surface area contributed by atoms with Crippen LogP contribution in [-0.2, 0) is 11.3 Å². The molecule has 2 heterocycles. The zero-order valence-electron chi connectivity index (χ0n) is 13.4. The molecule has 1 aromatic heterocycles. The highest BCUT2D eigenvalue weighted by Crippen LogP contribution is 2.22. The number of likely N-dealkylation sites (tertiary alicyclic amines) is 1. The first-order chi connectivity index (χ1) is 11.2. The van der Waals surface area contributed by atoms with Gasteiger partial charge in [-0.3, -0.25) is 0 Å². The first-order valence-corrected chi connectivity index (χ1v) is 7.69. The second kappa shape index (κ2) is 6.83. The molecule has 2 amide bonds. The van der Waals surface area contributed by atoms with Crippen molar-refractivity contribution in [3.63, 3.8) is 0 Å². The summed E-state index contributed by atoms with van der Waals surface area (Å²) in [4.78, 5) is 18.5. The summed E-state index contributed by atoms with van der Waals surface area (Å²) in [7, 11) is 3.25. The Morgan fingerprint density at radius 2 is 2.22 bits per heavy atom. The number of carbonyl (C=O) groups excluding carboxylic acids is 1. The summed E-state index contributed by atoms with van der Waals surface area (Å²) in [5, 5.41) is 4.00. The van der Waals surface area contributed by atoms with E-state index in [9.17, 15) is 4.79 Å². The predicted octanol–water partition coefficient (Wildman–Crippen LogP) is 2.17. The molecule has 0 saturated carbocycles. The summed E-state index contributed by atoms with van der Waals surface area (Å²) in [6, 6.07) is 9.83. The quantitative estimate of drug-likeness (QED) is 0.918. The Kier molecular flexibility index (Phi) is 4.62. The average Bonchev–Trinajstić information content (AvgIpc) is 2.56. The number of nitrogens with zero attached hydrogens (tertiary/aromatic N) is 2. The largest absolute Gasteiger partial charge is 0.481 e. The zero-order chi connectivity index (χ0) is 16.2. The average molecular weight is 315 g/mol. The molecule has 1 unspecified atom stereocenters. The lowest BCUT2D eigenvalue weighted by atomic mass is 10.1. The number of hydrogen-bond donors (Lipinski definition) is 1. The number of para-hydroxylation sites is 1. The third-order valence-corrected chi connectivity index (χ3v) is 4.18. The van der Waals surface area contributed by atoms with E-state index in [-0.39, 0.29) is 12.1 Å². The number of rotatable bonds is 5. The van der Waals surface area contributed by atoms with E-state index in [2.05, 4.69) is 10.3 Å². The third kappa shape index (κ3) is 3.22. The Bertz CT molecular complexity index is 705. The maximum absolute atomic E-state index is 12.3. The fourth-order valence-electron chi connectivity index (χ4n) is 2.82. The lowest BCUT2D eigenvalue weighted by Crippen LogP contribution is -2.56. The van der Waals surface area contributed by atoms with Gasteiger partial charge >= 0.3 is 6.03 Å². The van der Waals surface area contributed by atoms with Crippen LogP contribution in [0.15, 0.2) is 30.3 Å². The van der Waals surface area contributed by atoms with Gasteiger partial charge in [-0.25, -0.2) is 9.78 Å². The van der Waals surface area contributed by atoms with Gasteiger partial charge in [-0.1, -0.05) is 18.2 Å². The van der Waals surface area contributed by atoms with Crippen molar-refractivity contribution in [2.75, 3.05) is 27.4 Å². The SMILES string of the molecule is COCC1CCN1C(=O)NCc1cc(OC)nc2ccccc12. The van der Waals surface area contributed by atoms with Gasteiger partial charge in [0.15, 0.2) is 0 Å². The third-order valence-electron chi connectivity index (χ3n) is 4.18. The van der Waals surface area contributed by atoms with Crippen molar-refractivity contribution in [1.82, 2.24) is 15.2 Å². The molecule has 1 aliphatic rings. The van der Waals surface area contributed by atoms with E-state index >= 15 is 0 Å². The molecule has 1 atom stereocenters. The normalized spacial score (nSPS) is 17.0. The van der Waals surface area contributed by atoms with Crippen LogP contribution in [0.3, 0.4) is 0 Å². The van der Waals surface area contributed by atoms with Gasteiger partial charge in [0, 0.05) is 31.7 Å². The van der Waals surface area contributed by atoms with Crippen molar-refractivity contribution in [3.8, 4) is 5.88 Å². The smallest absolute Gasteiger partial charge is 0.317 e. The van der Waals surface area contributed by atoms with E-state index in [0.717, 1.165) is 29.4 Å². The van der Waals surface area contributed by atoms with Crippen molar-refractivity contribution < 1.29 is 14.3 Å². The molecule has 0 bridgehead atoms. The number of hydrogen-bond acceptors (Lipinski definition) is 4. The number of ether oxygens (including phenoxy) is 2. The summed E-state index contributed by atoms with van der Waals surface area (Å²) in [6.45, 7) is 1.80. The standard InChI is InChI=1S/C17H21N3O3/c1-22-11-13-7-8-20(13)17(21)18-10-12-9-16(23-2)19-15-6-4-3-5-14(12)15/h3-6,9,13H,7-8,10-11H2,1-2H3,(H,18,21). The van der Waals surface area contributed by atoms with Gasteiger partial charge in [0.2, 0.25) is 5.88 Å². The summed E-state index contributed by atoms with van der Waals surface area (Å²) >= 11 is 0. The van der Waals surface area contributed by atoms with Crippen LogP contribution in [0.1, 0.15) is 12.0 Å². The molecular formula is C17H21N3O3. The molecule has 1 N–H and O–H groups in total. The topological polar surface area (TPSA) is 63.7 Å². The molecule has 23 heavy (non-hydrogen) atoms. The van der Waals surface area contributed by atoms with Crippen LogP contribution in [0.5, 0.6) is 5.88 Å². The molecule has 0 spiro atoms. The van der Waals surface area contributed by atoms with Crippen molar-refractivity contribution in [2.45, 2.75) is 19.0 Å². The van der Waals surface area contributed by atoms with Crippen LogP contribution < -0.4 is 10.1 Å². The van der Waals surface area contributed by atoms with E-state index in [0.29, 0.717) is 19.0 Å². The highest BCUT2D eigenvalue weighted by molar-refractivity contribution is 5.83. The van der Waals surface area contributed by atoms with Gasteiger partial charge in [0.1, 0.15) is 0 Å². The molecule has 1 aliphatic heterocycles. The van der Waals surface area contributed by atoms with Gasteiger partial charge < -0.3 is 19.7 Å². The number of amides is 2. The highest BCUT2D eigenvalue weighted by Gasteiger charge is 2.31. The van der Waals surface area contributed by atoms with E-state index in [1.165, 1.54) is 0 Å². The van der Waals surface area contributed by atoms with E-state index in [1.54, 1.807) is 14.2 Å². The molecule has 6 nitrogen and oxygen atoms in total. The van der Waals surface area contributed by atoms with Crippen molar-refractivity contribution in [2.24, 2.45) is 0 Å². The Morgan fingerprint density at radius 1 is 1.39 bits per heavy atom. The minimum absolute atomic E-state index is 0.0573. The summed E-state index contributed by atoms with van der Waals surface area (Å²) in [5.41, 5.74) is 1.85. The zero-order valence-corrected chi connectivity index (χ0v) is 13.4. The van der Waals surface area contributed by atoms with E-state index < -0.39 is 0 Å². The Labute approximate surface area is 135 Å². The van der Waals surface area contributed by atoms with Crippen LogP contribution in [0.25, 0.3) is 10.9 Å². The van der Waals surface area contributed by atoms with Gasteiger partial charge in [0.25, 0.3) is 0 Å². The van der Waals surface area contributed by atoms with Crippen molar-refractivity contribution in [1.29, 1.82) is 0 Å². The fourth-order valence-corrected chi connectivity index (χ4v) is 2.82. The maximum Gasteiger partial charge on any atom is 0.317 e. The first-order valence-electron chi connectivity index (χ1n) is 7.69. The summed E-state index contributed by atoms with van der Waals surface area (Å²) < 4.78 is 10.4. The molecule has 1 aromatic carbocycles. The lowest BCUT2D eigenvalue weighted by Gasteiger charge is -2.40. The number of urea groups is 1. The van der Waals surface area contributed by atoms with E-state index in [4.69, 9.17) is 9.47 Å². The molecule has 2 aromatic rings. The molecule has 122 valence electrons. The molecular weight excluding hydrogens is 294 g/mol. The second-order valence-electron chi connectivity index (χ2n) is 5.59. The lowest BCUT2D eigenvalue weighted by molar-refractivity contribution is 0.0493. The number of pyridine rings is 1. The number of fused-ring (bicyclic) bond motifs is 1. The molecule has 6 heteroatoms. The number of methoxy groups -OCH3 is 2. The Balaban J connectivity index is 1.73. The number of aromatic nitrogens is 1. The van der Waals surface area contributed by atoms with Gasteiger partial charge in [-0.15, -0.1) is 0 Å². The monoisotopic (exact) mass is 315 g/mol. The molecule has 3 rings (SSSR count). The predicted molar refractivity (Wildman–Crippen MR) is 87.5 cm³/mol. The minimum Gasteiger partial charge on any atom is -0.481 e. The summed E-state index contributed by atoms with van der Waals surface area (Å²) in [6.07, 6.45) is 0.993. The molecule has 0 aliphatic carbocycles. The minimum atomic E-state index is -0.0573. The van der Waals surface area contributed by atoms with Crippen LogP contribution in [-0.4, -0.2) is 49.3 Å². The highest BCUT2D eigenvalue weighted by atomic mass is 16.5. The number of carbonyl (C=O) groups is 1. The van der Waals surface area contributed by atoms with Crippen LogP contribution in [0.4, 0.5) is 4.79 Å². The number of nitrogens with one attached hydrogen (secondary N) is 1. The van der Waals surface area contributed by atoms with Crippen molar-refractivity contribution >= 4 is 16.9 Å². The number of benzene rings is 1. The van der Waals surface area contributed by atoms with Gasteiger partial charge in [-0.2, -0.15) is 0 Å². The molecule has 1 saturated heterocycles. The van der Waals surface area contributed by atoms with Gasteiger partial charge in [-0.05, 0) is 18.1 Å². The van der Waals surface area contributed by atoms with Crippen LogP contribution in [0.2, 0.25) is 0 Å².